The number of aliphatic hydroxyl groups excluding tert-OH is 1. The number of morpholine rings is 1. The molecule has 2 rings (SSSR count). The largest absolute Gasteiger partial charge is 0.390 e. The van der Waals surface area contributed by atoms with Crippen molar-refractivity contribution < 1.29 is 18.6 Å². The van der Waals surface area contributed by atoms with Crippen LogP contribution in [0.25, 0.3) is 0 Å². The summed E-state index contributed by atoms with van der Waals surface area (Å²) >= 11 is 0. The second-order valence-electron chi connectivity index (χ2n) is 6.35. The SMILES string of the molecule is CC1CN(CC(O)CN(C)Cc2nccn2C(F)F)CC(C)O1. The molecule has 0 spiro atoms. The van der Waals surface area contributed by atoms with E-state index in [1.807, 2.05) is 13.8 Å². The summed E-state index contributed by atoms with van der Waals surface area (Å²) < 4.78 is 32.1. The van der Waals surface area contributed by atoms with E-state index in [-0.39, 0.29) is 18.8 Å². The van der Waals surface area contributed by atoms with Gasteiger partial charge in [-0.05, 0) is 20.9 Å². The van der Waals surface area contributed by atoms with E-state index in [1.54, 1.807) is 11.9 Å². The Balaban J connectivity index is 1.80. The first kappa shape index (κ1) is 18.3. The number of rotatable bonds is 7. The molecule has 0 bridgehead atoms. The number of aromatic nitrogens is 2. The molecule has 0 aromatic carbocycles. The van der Waals surface area contributed by atoms with E-state index in [0.29, 0.717) is 18.9 Å². The van der Waals surface area contributed by atoms with Gasteiger partial charge in [-0.25, -0.2) is 4.98 Å². The number of alkyl halides is 2. The quantitative estimate of drug-likeness (QED) is 0.813. The lowest BCUT2D eigenvalue weighted by Gasteiger charge is -2.36. The van der Waals surface area contributed by atoms with Crippen molar-refractivity contribution in [3.05, 3.63) is 18.2 Å². The van der Waals surface area contributed by atoms with Gasteiger partial charge < -0.3 is 9.84 Å². The first-order valence-corrected chi connectivity index (χ1v) is 7.89. The van der Waals surface area contributed by atoms with Gasteiger partial charge in [0.05, 0.1) is 24.9 Å². The molecule has 1 fully saturated rings. The average molecular weight is 332 g/mol. The van der Waals surface area contributed by atoms with Gasteiger partial charge in [0.2, 0.25) is 0 Å². The lowest BCUT2D eigenvalue weighted by molar-refractivity contribution is -0.0778. The second-order valence-corrected chi connectivity index (χ2v) is 6.35. The van der Waals surface area contributed by atoms with Gasteiger partial charge in [0.1, 0.15) is 5.82 Å². The lowest BCUT2D eigenvalue weighted by Crippen LogP contribution is -2.49. The summed E-state index contributed by atoms with van der Waals surface area (Å²) in [6.07, 6.45) is 2.39. The fourth-order valence-corrected chi connectivity index (χ4v) is 3.10. The van der Waals surface area contributed by atoms with Crippen molar-refractivity contribution >= 4 is 0 Å². The molecule has 1 aliphatic rings. The Labute approximate surface area is 135 Å². The molecule has 0 radical (unpaired) electrons. The highest BCUT2D eigenvalue weighted by Crippen LogP contribution is 2.14. The Morgan fingerprint density at radius 3 is 2.65 bits per heavy atom. The van der Waals surface area contributed by atoms with Crippen LogP contribution in [0.15, 0.2) is 12.4 Å². The Morgan fingerprint density at radius 1 is 1.39 bits per heavy atom. The molecule has 0 amide bonds. The summed E-state index contributed by atoms with van der Waals surface area (Å²) in [4.78, 5) is 7.94. The van der Waals surface area contributed by atoms with Crippen molar-refractivity contribution in [1.82, 2.24) is 19.4 Å². The monoisotopic (exact) mass is 332 g/mol. The Bertz CT molecular complexity index is 476. The van der Waals surface area contributed by atoms with Crippen LogP contribution in [0.4, 0.5) is 8.78 Å². The minimum Gasteiger partial charge on any atom is -0.390 e. The van der Waals surface area contributed by atoms with Gasteiger partial charge >= 0.3 is 6.55 Å². The number of aliphatic hydroxyl groups is 1. The summed E-state index contributed by atoms with van der Waals surface area (Å²) in [5.41, 5.74) is 0. The van der Waals surface area contributed by atoms with Crippen molar-refractivity contribution in [2.45, 2.75) is 45.3 Å². The fraction of sp³-hybridized carbons (Fsp3) is 0.800. The summed E-state index contributed by atoms with van der Waals surface area (Å²) in [6, 6.07) is 0. The van der Waals surface area contributed by atoms with Gasteiger partial charge in [0.15, 0.2) is 0 Å². The van der Waals surface area contributed by atoms with Crippen molar-refractivity contribution in [1.29, 1.82) is 0 Å². The minimum absolute atomic E-state index is 0.155. The van der Waals surface area contributed by atoms with Crippen LogP contribution < -0.4 is 0 Å². The van der Waals surface area contributed by atoms with E-state index in [9.17, 15) is 13.9 Å². The standard InChI is InChI=1S/C15H26F2N4O2/c1-11-6-20(7-12(2)23-11)9-13(22)8-19(3)10-14-18-4-5-21(14)15(16)17/h4-5,11-13,15,22H,6-10H2,1-3H3. The molecule has 23 heavy (non-hydrogen) atoms. The number of hydrogen-bond acceptors (Lipinski definition) is 5. The first-order valence-electron chi connectivity index (χ1n) is 7.89. The highest BCUT2D eigenvalue weighted by atomic mass is 19.3. The van der Waals surface area contributed by atoms with E-state index < -0.39 is 12.7 Å². The van der Waals surface area contributed by atoms with Crippen LogP contribution in [0.2, 0.25) is 0 Å². The van der Waals surface area contributed by atoms with E-state index >= 15 is 0 Å². The average Bonchev–Trinajstić information content (AvgIpc) is 2.84. The third-order valence-electron chi connectivity index (χ3n) is 3.86. The highest BCUT2D eigenvalue weighted by molar-refractivity contribution is 4.92. The second kappa shape index (κ2) is 8.14. The van der Waals surface area contributed by atoms with Gasteiger partial charge in [-0.1, -0.05) is 0 Å². The normalized spacial score (nSPS) is 24.5. The van der Waals surface area contributed by atoms with E-state index in [4.69, 9.17) is 4.74 Å². The number of halogens is 2. The molecule has 8 heteroatoms. The van der Waals surface area contributed by atoms with Crippen LogP contribution in [-0.2, 0) is 11.3 Å². The van der Waals surface area contributed by atoms with Gasteiger partial charge in [0, 0.05) is 38.6 Å². The van der Waals surface area contributed by atoms with Crippen molar-refractivity contribution in [2.24, 2.45) is 0 Å². The van der Waals surface area contributed by atoms with Crippen molar-refractivity contribution in [3.63, 3.8) is 0 Å². The molecular formula is C15H26F2N4O2. The minimum atomic E-state index is -2.60. The van der Waals surface area contributed by atoms with Crippen molar-refractivity contribution in [2.75, 3.05) is 33.2 Å². The van der Waals surface area contributed by atoms with Crippen LogP contribution in [0.5, 0.6) is 0 Å². The number of ether oxygens (including phenoxy) is 1. The third-order valence-corrected chi connectivity index (χ3v) is 3.86. The summed E-state index contributed by atoms with van der Waals surface area (Å²) in [5, 5.41) is 10.3. The maximum atomic E-state index is 12.8. The van der Waals surface area contributed by atoms with Crippen LogP contribution in [0.3, 0.4) is 0 Å². The predicted octanol–water partition coefficient (Wildman–Crippen LogP) is 1.18. The maximum Gasteiger partial charge on any atom is 0.319 e. The molecule has 3 atom stereocenters. The number of likely N-dealkylation sites (N-methyl/N-ethyl adjacent to an activating group) is 1. The first-order chi connectivity index (χ1) is 10.8. The zero-order chi connectivity index (χ0) is 17.0. The van der Waals surface area contributed by atoms with Gasteiger partial charge in [-0.2, -0.15) is 8.78 Å². The van der Waals surface area contributed by atoms with Gasteiger partial charge in [0.25, 0.3) is 0 Å². The number of nitrogens with zero attached hydrogens (tertiary/aromatic N) is 4. The van der Waals surface area contributed by atoms with E-state index in [0.717, 1.165) is 17.7 Å². The molecule has 1 aromatic rings. The molecule has 1 aromatic heterocycles. The van der Waals surface area contributed by atoms with Crippen molar-refractivity contribution in [3.8, 4) is 0 Å². The molecule has 3 unspecified atom stereocenters. The van der Waals surface area contributed by atoms with Crippen LogP contribution >= 0.6 is 0 Å². The maximum absolute atomic E-state index is 12.8. The topological polar surface area (TPSA) is 53.8 Å². The smallest absolute Gasteiger partial charge is 0.319 e. The molecule has 0 saturated carbocycles. The van der Waals surface area contributed by atoms with Crippen LogP contribution in [0, 0.1) is 0 Å². The molecule has 2 heterocycles. The van der Waals surface area contributed by atoms with Gasteiger partial charge in [-0.15, -0.1) is 0 Å². The molecule has 6 nitrogen and oxygen atoms in total. The molecule has 1 aliphatic heterocycles. The summed E-state index contributed by atoms with van der Waals surface area (Å²) in [6.45, 7) is 4.24. The van der Waals surface area contributed by atoms with Crippen LogP contribution in [-0.4, -0.2) is 76.0 Å². The Hall–Kier alpha value is -1.09. The zero-order valence-electron chi connectivity index (χ0n) is 13.9. The Morgan fingerprint density at radius 2 is 2.04 bits per heavy atom. The third kappa shape index (κ3) is 5.49. The molecule has 1 saturated heterocycles. The number of β-amino-alcohol motifs (C(OH)–C–C–N with tert-alkyl or cyclic N) is 1. The zero-order valence-corrected chi connectivity index (χ0v) is 13.9. The molecule has 0 aliphatic carbocycles. The lowest BCUT2D eigenvalue weighted by atomic mass is 10.2. The Kier molecular flexibility index (Phi) is 6.46. The van der Waals surface area contributed by atoms with Crippen LogP contribution in [0.1, 0.15) is 26.2 Å². The summed E-state index contributed by atoms with van der Waals surface area (Å²) in [7, 11) is 1.79. The number of hydrogen-bond donors (Lipinski definition) is 1. The molecule has 1 N–H and O–H groups in total. The summed E-state index contributed by atoms with van der Waals surface area (Å²) in [5.74, 6) is 0.295. The van der Waals surface area contributed by atoms with E-state index in [1.165, 1.54) is 12.4 Å². The highest BCUT2D eigenvalue weighted by Gasteiger charge is 2.24. The van der Waals surface area contributed by atoms with Gasteiger partial charge in [-0.3, -0.25) is 14.4 Å². The molecule has 132 valence electrons. The van der Waals surface area contributed by atoms with E-state index in [2.05, 4.69) is 9.88 Å². The molecular weight excluding hydrogens is 306 g/mol. The fourth-order valence-electron chi connectivity index (χ4n) is 3.10. The number of imidazole rings is 1. The predicted molar refractivity (Wildman–Crippen MR) is 82.3 cm³/mol.